The van der Waals surface area contributed by atoms with Crippen LogP contribution in [0.2, 0.25) is 10.0 Å². The first-order valence-electron chi connectivity index (χ1n) is 6.10. The maximum atomic E-state index is 11.2. The van der Waals surface area contributed by atoms with E-state index >= 15 is 0 Å². The highest BCUT2D eigenvalue weighted by Crippen LogP contribution is 2.23. The summed E-state index contributed by atoms with van der Waals surface area (Å²) in [5, 5.41) is 7.59. The number of carbonyl (C=O) groups excluding carboxylic acids is 1. The molecule has 0 aromatic heterocycles. The maximum absolute atomic E-state index is 11.2. The maximum Gasteiger partial charge on any atom is 0.220 e. The summed E-state index contributed by atoms with van der Waals surface area (Å²) < 4.78 is 0. The molecular weight excluding hydrogens is 271 g/mol. The monoisotopic (exact) mass is 286 g/mol. The molecule has 0 bridgehead atoms. The molecule has 2 rings (SSSR count). The van der Waals surface area contributed by atoms with Crippen molar-refractivity contribution in [2.75, 3.05) is 6.54 Å². The van der Waals surface area contributed by atoms with Gasteiger partial charge in [-0.25, -0.2) is 0 Å². The molecule has 0 radical (unpaired) electrons. The van der Waals surface area contributed by atoms with Crippen LogP contribution in [-0.4, -0.2) is 18.5 Å². The smallest absolute Gasteiger partial charge is 0.220 e. The number of carbonyl (C=O) groups is 1. The quantitative estimate of drug-likeness (QED) is 0.894. The van der Waals surface area contributed by atoms with Crippen LogP contribution in [0.15, 0.2) is 18.2 Å². The Balaban J connectivity index is 1.83. The largest absolute Gasteiger partial charge is 0.352 e. The number of hydrogen-bond donors (Lipinski definition) is 2. The Kier molecular flexibility index (Phi) is 4.87. The second kappa shape index (κ2) is 6.41. The van der Waals surface area contributed by atoms with Gasteiger partial charge in [0, 0.05) is 41.2 Å². The molecule has 3 nitrogen and oxygen atoms in total. The van der Waals surface area contributed by atoms with Gasteiger partial charge >= 0.3 is 0 Å². The minimum Gasteiger partial charge on any atom is -0.352 e. The number of piperidine rings is 1. The van der Waals surface area contributed by atoms with Crippen molar-refractivity contribution in [1.29, 1.82) is 0 Å². The Morgan fingerprint density at radius 1 is 1.33 bits per heavy atom. The Morgan fingerprint density at radius 3 is 2.72 bits per heavy atom. The molecule has 1 aliphatic heterocycles. The molecule has 0 aliphatic carbocycles. The fourth-order valence-corrected chi connectivity index (χ4v) is 2.64. The van der Waals surface area contributed by atoms with E-state index in [4.69, 9.17) is 23.2 Å². The van der Waals surface area contributed by atoms with E-state index in [9.17, 15) is 4.79 Å². The second-order valence-corrected chi connectivity index (χ2v) is 5.30. The summed E-state index contributed by atoms with van der Waals surface area (Å²) in [6, 6.07) is 5.70. The lowest BCUT2D eigenvalue weighted by Crippen LogP contribution is -2.44. The van der Waals surface area contributed by atoms with Gasteiger partial charge in [-0.05, 0) is 25.0 Å². The molecule has 1 aromatic carbocycles. The molecule has 0 unspecified atom stereocenters. The third kappa shape index (κ3) is 3.61. The van der Waals surface area contributed by atoms with Crippen LogP contribution >= 0.6 is 23.2 Å². The van der Waals surface area contributed by atoms with Gasteiger partial charge in [-0.3, -0.25) is 4.79 Å². The van der Waals surface area contributed by atoms with Gasteiger partial charge in [0.2, 0.25) is 5.91 Å². The molecule has 0 spiro atoms. The summed E-state index contributed by atoms with van der Waals surface area (Å²) >= 11 is 12.2. The van der Waals surface area contributed by atoms with E-state index in [0.29, 0.717) is 23.0 Å². The topological polar surface area (TPSA) is 41.1 Å². The number of nitrogens with one attached hydrogen (secondary N) is 2. The predicted octanol–water partition coefficient (Wildman–Crippen LogP) is 2.75. The highest BCUT2D eigenvalue weighted by atomic mass is 35.5. The fourth-order valence-electron chi connectivity index (χ4n) is 2.11. The van der Waals surface area contributed by atoms with Crippen molar-refractivity contribution >= 4 is 29.1 Å². The molecule has 1 aromatic rings. The number of hydrogen-bond acceptors (Lipinski definition) is 2. The lowest BCUT2D eigenvalue weighted by molar-refractivity contribution is -0.123. The molecule has 1 amide bonds. The highest BCUT2D eigenvalue weighted by Gasteiger charge is 2.17. The molecule has 18 heavy (non-hydrogen) atoms. The van der Waals surface area contributed by atoms with Crippen LogP contribution < -0.4 is 10.6 Å². The molecular formula is C13H16Cl2N2O. The standard InChI is InChI=1S/C13H16Cl2N2O/c14-11-4-2-5-12(15)10(11)8-16-7-9-3-1-6-13(18)17-9/h2,4-5,9,16H,1,3,6-8H2,(H,17,18)/t9-/m1/s1. The average molecular weight is 287 g/mol. The lowest BCUT2D eigenvalue weighted by atomic mass is 10.0. The molecule has 5 heteroatoms. The van der Waals surface area contributed by atoms with Crippen molar-refractivity contribution in [3.05, 3.63) is 33.8 Å². The van der Waals surface area contributed by atoms with E-state index < -0.39 is 0 Å². The highest BCUT2D eigenvalue weighted by molar-refractivity contribution is 6.35. The summed E-state index contributed by atoms with van der Waals surface area (Å²) in [7, 11) is 0. The summed E-state index contributed by atoms with van der Waals surface area (Å²) in [5.41, 5.74) is 0.906. The van der Waals surface area contributed by atoms with Crippen molar-refractivity contribution in [3.63, 3.8) is 0 Å². The van der Waals surface area contributed by atoms with Crippen LogP contribution in [0, 0.1) is 0 Å². The van der Waals surface area contributed by atoms with Crippen LogP contribution in [0.5, 0.6) is 0 Å². The van der Waals surface area contributed by atoms with Crippen LogP contribution in [0.1, 0.15) is 24.8 Å². The molecule has 0 saturated carbocycles. The van der Waals surface area contributed by atoms with Crippen LogP contribution in [0.3, 0.4) is 0 Å². The molecule has 1 aliphatic rings. The summed E-state index contributed by atoms with van der Waals surface area (Å²) in [6.45, 7) is 1.36. The van der Waals surface area contributed by atoms with Crippen LogP contribution in [0.4, 0.5) is 0 Å². The van der Waals surface area contributed by atoms with Gasteiger partial charge in [0.1, 0.15) is 0 Å². The molecule has 1 heterocycles. The zero-order valence-corrected chi connectivity index (χ0v) is 11.5. The minimum atomic E-state index is 0.142. The lowest BCUT2D eigenvalue weighted by Gasteiger charge is -2.23. The molecule has 1 saturated heterocycles. The Bertz CT molecular complexity index is 417. The normalized spacial score (nSPS) is 19.7. The number of amides is 1. The van der Waals surface area contributed by atoms with Crippen molar-refractivity contribution < 1.29 is 4.79 Å². The molecule has 2 N–H and O–H groups in total. The van der Waals surface area contributed by atoms with E-state index in [1.54, 1.807) is 0 Å². The first-order valence-corrected chi connectivity index (χ1v) is 6.85. The fraction of sp³-hybridized carbons (Fsp3) is 0.462. The first-order chi connectivity index (χ1) is 8.66. The van der Waals surface area contributed by atoms with E-state index in [2.05, 4.69) is 10.6 Å². The number of rotatable bonds is 4. The van der Waals surface area contributed by atoms with Crippen molar-refractivity contribution in [3.8, 4) is 0 Å². The SMILES string of the molecule is O=C1CCC[C@H](CNCc2c(Cl)cccc2Cl)N1. The van der Waals surface area contributed by atoms with Crippen molar-refractivity contribution in [2.24, 2.45) is 0 Å². The Morgan fingerprint density at radius 2 is 2.06 bits per heavy atom. The van der Waals surface area contributed by atoms with Crippen molar-refractivity contribution in [2.45, 2.75) is 31.8 Å². The predicted molar refractivity (Wildman–Crippen MR) is 74.0 cm³/mol. The van der Waals surface area contributed by atoms with Gasteiger partial charge in [0.05, 0.1) is 0 Å². The van der Waals surface area contributed by atoms with Gasteiger partial charge in [-0.2, -0.15) is 0 Å². The van der Waals surface area contributed by atoms with Crippen LogP contribution in [-0.2, 0) is 11.3 Å². The van der Waals surface area contributed by atoms with E-state index in [0.717, 1.165) is 24.9 Å². The molecule has 98 valence electrons. The second-order valence-electron chi connectivity index (χ2n) is 4.49. The van der Waals surface area contributed by atoms with E-state index in [1.165, 1.54) is 0 Å². The van der Waals surface area contributed by atoms with Gasteiger partial charge in [0.15, 0.2) is 0 Å². The first kappa shape index (κ1) is 13.7. The summed E-state index contributed by atoms with van der Waals surface area (Å²) in [4.78, 5) is 11.2. The number of halogens is 2. The Labute approximate surface area is 117 Å². The van der Waals surface area contributed by atoms with Crippen molar-refractivity contribution in [1.82, 2.24) is 10.6 Å². The van der Waals surface area contributed by atoms with Gasteiger partial charge in [0.25, 0.3) is 0 Å². The molecule has 1 atom stereocenters. The zero-order chi connectivity index (χ0) is 13.0. The Hall–Kier alpha value is -0.770. The van der Waals surface area contributed by atoms with Gasteiger partial charge in [-0.15, -0.1) is 0 Å². The third-order valence-corrected chi connectivity index (χ3v) is 3.78. The van der Waals surface area contributed by atoms with Gasteiger partial charge < -0.3 is 10.6 Å². The average Bonchev–Trinajstić information content (AvgIpc) is 2.33. The van der Waals surface area contributed by atoms with Crippen LogP contribution in [0.25, 0.3) is 0 Å². The summed E-state index contributed by atoms with van der Waals surface area (Å²) in [5.74, 6) is 0.142. The number of benzene rings is 1. The van der Waals surface area contributed by atoms with E-state index in [1.807, 2.05) is 18.2 Å². The van der Waals surface area contributed by atoms with E-state index in [-0.39, 0.29) is 11.9 Å². The minimum absolute atomic E-state index is 0.142. The third-order valence-electron chi connectivity index (χ3n) is 3.08. The van der Waals surface area contributed by atoms with Gasteiger partial charge in [-0.1, -0.05) is 29.3 Å². The zero-order valence-electron chi connectivity index (χ0n) is 10.0. The summed E-state index contributed by atoms with van der Waals surface area (Å²) in [6.07, 6.45) is 2.63. The molecule has 1 fully saturated rings.